The lowest BCUT2D eigenvalue weighted by Gasteiger charge is -2.38. The Labute approximate surface area is 111 Å². The summed E-state index contributed by atoms with van der Waals surface area (Å²) in [7, 11) is 1.84. The van der Waals surface area contributed by atoms with E-state index in [0.29, 0.717) is 6.54 Å². The first-order valence-electron chi connectivity index (χ1n) is 6.72. The van der Waals surface area contributed by atoms with Crippen LogP contribution in [-0.2, 0) is 18.4 Å². The Morgan fingerprint density at radius 3 is 2.68 bits per heavy atom. The van der Waals surface area contributed by atoms with Crippen molar-refractivity contribution < 1.29 is 9.59 Å². The number of aryl methyl sites for hydroxylation is 1. The van der Waals surface area contributed by atoms with E-state index in [-0.39, 0.29) is 11.9 Å². The van der Waals surface area contributed by atoms with Crippen molar-refractivity contribution in [3.05, 3.63) is 18.0 Å². The normalized spacial score (nSPS) is 22.1. The molecular weight excluding hydrogens is 244 g/mol. The van der Waals surface area contributed by atoms with Gasteiger partial charge < -0.3 is 4.90 Å². The first-order chi connectivity index (χ1) is 9.12. The van der Waals surface area contributed by atoms with Crippen LogP contribution in [0.4, 0.5) is 4.79 Å². The Bertz CT molecular complexity index is 516. The maximum atomic E-state index is 12.2. The number of hydrogen-bond acceptors (Lipinski definition) is 3. The van der Waals surface area contributed by atoms with E-state index in [4.69, 9.17) is 0 Å². The Balaban J connectivity index is 1.88. The van der Waals surface area contributed by atoms with E-state index in [2.05, 4.69) is 10.4 Å². The zero-order valence-electron chi connectivity index (χ0n) is 11.1. The fourth-order valence-corrected chi connectivity index (χ4v) is 3.19. The summed E-state index contributed by atoms with van der Waals surface area (Å²) < 4.78 is 1.71. The maximum Gasteiger partial charge on any atom is 0.325 e. The number of carbonyl (C=O) groups excluding carboxylic acids is 2. The summed E-state index contributed by atoms with van der Waals surface area (Å²) >= 11 is 0. The minimum Gasteiger partial charge on any atom is -0.305 e. The zero-order valence-corrected chi connectivity index (χ0v) is 11.1. The summed E-state index contributed by atoms with van der Waals surface area (Å²) in [5, 5.41) is 6.58. The Morgan fingerprint density at radius 1 is 1.32 bits per heavy atom. The Hall–Kier alpha value is -1.85. The van der Waals surface area contributed by atoms with Crippen molar-refractivity contribution in [1.82, 2.24) is 20.0 Å². The molecule has 3 amide bonds. The van der Waals surface area contributed by atoms with Gasteiger partial charge in [-0.3, -0.25) is 14.8 Å². The number of urea groups is 1. The van der Waals surface area contributed by atoms with Crippen LogP contribution in [0.1, 0.15) is 37.7 Å². The maximum absolute atomic E-state index is 12.2. The van der Waals surface area contributed by atoms with E-state index in [0.717, 1.165) is 37.7 Å². The Kier molecular flexibility index (Phi) is 2.80. The van der Waals surface area contributed by atoms with Crippen molar-refractivity contribution in [3.8, 4) is 0 Å². The third-order valence-corrected chi connectivity index (χ3v) is 4.18. The lowest BCUT2D eigenvalue weighted by Crippen LogP contribution is -2.50. The molecule has 1 saturated heterocycles. The molecule has 0 unspecified atom stereocenters. The molecule has 1 spiro atoms. The van der Waals surface area contributed by atoms with Gasteiger partial charge in [0.15, 0.2) is 0 Å². The predicted molar refractivity (Wildman–Crippen MR) is 68.1 cm³/mol. The molecule has 0 bridgehead atoms. The highest BCUT2D eigenvalue weighted by molar-refractivity contribution is 6.07. The van der Waals surface area contributed by atoms with E-state index < -0.39 is 5.54 Å². The molecule has 19 heavy (non-hydrogen) atoms. The van der Waals surface area contributed by atoms with Crippen LogP contribution in [0.25, 0.3) is 0 Å². The van der Waals surface area contributed by atoms with Gasteiger partial charge in [-0.1, -0.05) is 19.3 Å². The van der Waals surface area contributed by atoms with Gasteiger partial charge in [0.25, 0.3) is 5.91 Å². The molecule has 1 aliphatic carbocycles. The predicted octanol–water partition coefficient (Wildman–Crippen LogP) is 1.17. The van der Waals surface area contributed by atoms with Crippen LogP contribution in [-0.4, -0.2) is 32.2 Å². The van der Waals surface area contributed by atoms with Crippen LogP contribution >= 0.6 is 0 Å². The molecule has 2 fully saturated rings. The van der Waals surface area contributed by atoms with Crippen LogP contribution in [0.2, 0.25) is 0 Å². The van der Waals surface area contributed by atoms with Gasteiger partial charge in [0.1, 0.15) is 5.54 Å². The number of nitrogens with one attached hydrogen (secondary N) is 1. The molecule has 0 aromatic carbocycles. The highest BCUT2D eigenvalue weighted by atomic mass is 16.2. The number of rotatable bonds is 2. The summed E-state index contributed by atoms with van der Waals surface area (Å²) in [5.74, 6) is -0.124. The number of hydrogen-bond donors (Lipinski definition) is 1. The SMILES string of the molecule is Cn1cc(CN2C(=O)NC(=O)C23CCCCC3)cn1. The van der Waals surface area contributed by atoms with Crippen molar-refractivity contribution in [2.75, 3.05) is 0 Å². The third-order valence-electron chi connectivity index (χ3n) is 4.18. The van der Waals surface area contributed by atoms with Crippen molar-refractivity contribution in [2.24, 2.45) is 7.05 Å². The summed E-state index contributed by atoms with van der Waals surface area (Å²) in [6, 6.07) is -0.268. The average Bonchev–Trinajstić information content (AvgIpc) is 2.89. The molecule has 1 saturated carbocycles. The van der Waals surface area contributed by atoms with Crippen molar-refractivity contribution in [1.29, 1.82) is 0 Å². The van der Waals surface area contributed by atoms with Crippen molar-refractivity contribution >= 4 is 11.9 Å². The van der Waals surface area contributed by atoms with Crippen molar-refractivity contribution in [2.45, 2.75) is 44.2 Å². The number of carbonyl (C=O) groups is 2. The molecule has 6 nitrogen and oxygen atoms in total. The van der Waals surface area contributed by atoms with E-state index in [1.54, 1.807) is 15.8 Å². The first-order valence-corrected chi connectivity index (χ1v) is 6.72. The molecule has 0 atom stereocenters. The number of imide groups is 1. The van der Waals surface area contributed by atoms with Crippen LogP contribution in [0.5, 0.6) is 0 Å². The van der Waals surface area contributed by atoms with E-state index >= 15 is 0 Å². The van der Waals surface area contributed by atoms with Crippen LogP contribution in [0.15, 0.2) is 12.4 Å². The first kappa shape index (κ1) is 12.2. The third kappa shape index (κ3) is 1.91. The molecule has 1 aromatic rings. The molecule has 2 heterocycles. The average molecular weight is 262 g/mol. The molecule has 3 rings (SSSR count). The molecule has 6 heteroatoms. The van der Waals surface area contributed by atoms with Gasteiger partial charge >= 0.3 is 6.03 Å². The second-order valence-corrected chi connectivity index (χ2v) is 5.46. The molecule has 2 aliphatic rings. The van der Waals surface area contributed by atoms with Gasteiger partial charge in [0.05, 0.1) is 12.7 Å². The molecule has 1 aromatic heterocycles. The smallest absolute Gasteiger partial charge is 0.305 e. The van der Waals surface area contributed by atoms with Gasteiger partial charge in [-0.05, 0) is 12.8 Å². The van der Waals surface area contributed by atoms with E-state index in [1.807, 2.05) is 13.2 Å². The number of nitrogens with zero attached hydrogens (tertiary/aromatic N) is 3. The second kappa shape index (κ2) is 4.36. The topological polar surface area (TPSA) is 67.2 Å². The molecule has 102 valence electrons. The number of aromatic nitrogens is 2. The van der Waals surface area contributed by atoms with Gasteiger partial charge in [-0.25, -0.2) is 4.79 Å². The molecule has 1 aliphatic heterocycles. The van der Waals surface area contributed by atoms with Crippen LogP contribution in [0.3, 0.4) is 0 Å². The van der Waals surface area contributed by atoms with Gasteiger partial charge in [-0.15, -0.1) is 0 Å². The summed E-state index contributed by atoms with van der Waals surface area (Å²) in [5.41, 5.74) is 0.336. The zero-order chi connectivity index (χ0) is 13.5. The quantitative estimate of drug-likeness (QED) is 0.814. The fourth-order valence-electron chi connectivity index (χ4n) is 3.19. The van der Waals surface area contributed by atoms with Gasteiger partial charge in [0, 0.05) is 18.8 Å². The summed E-state index contributed by atoms with van der Waals surface area (Å²) in [4.78, 5) is 25.9. The lowest BCUT2D eigenvalue weighted by atomic mass is 9.80. The van der Waals surface area contributed by atoms with E-state index in [1.165, 1.54) is 0 Å². The molecule has 1 N–H and O–H groups in total. The largest absolute Gasteiger partial charge is 0.325 e. The molecular formula is C13H18N4O2. The van der Waals surface area contributed by atoms with Gasteiger partial charge in [-0.2, -0.15) is 5.10 Å². The standard InChI is InChI=1S/C13H18N4O2/c1-16-8-10(7-14-16)9-17-12(19)15-11(18)13(17)5-3-2-4-6-13/h7-8H,2-6,9H2,1H3,(H,15,18,19). The number of amides is 3. The lowest BCUT2D eigenvalue weighted by molar-refractivity contribution is -0.128. The van der Waals surface area contributed by atoms with E-state index in [9.17, 15) is 9.59 Å². The Morgan fingerprint density at radius 2 is 2.05 bits per heavy atom. The van der Waals surface area contributed by atoms with Gasteiger partial charge in [0.2, 0.25) is 0 Å². The summed E-state index contributed by atoms with van der Waals surface area (Å²) in [6.45, 7) is 0.450. The van der Waals surface area contributed by atoms with Crippen LogP contribution < -0.4 is 5.32 Å². The highest BCUT2D eigenvalue weighted by Gasteiger charge is 2.52. The minimum atomic E-state index is -0.620. The monoisotopic (exact) mass is 262 g/mol. The molecule has 0 radical (unpaired) electrons. The summed E-state index contributed by atoms with van der Waals surface area (Å²) in [6.07, 6.45) is 8.31. The van der Waals surface area contributed by atoms with Crippen molar-refractivity contribution in [3.63, 3.8) is 0 Å². The minimum absolute atomic E-state index is 0.124. The fraction of sp³-hybridized carbons (Fsp3) is 0.615. The second-order valence-electron chi connectivity index (χ2n) is 5.46. The van der Waals surface area contributed by atoms with Crippen LogP contribution in [0, 0.1) is 0 Å². The highest BCUT2D eigenvalue weighted by Crippen LogP contribution is 2.37.